The Balaban J connectivity index is 1.74. The van der Waals surface area contributed by atoms with Gasteiger partial charge in [-0.1, -0.05) is 0 Å². The summed E-state index contributed by atoms with van der Waals surface area (Å²) in [6, 6.07) is 0.704. The molecule has 0 saturated carbocycles. The van der Waals surface area contributed by atoms with Crippen molar-refractivity contribution in [3.05, 3.63) is 0 Å². The average molecular weight is 173 g/mol. The number of nitrogens with zero attached hydrogens (tertiary/aromatic N) is 1. The zero-order chi connectivity index (χ0) is 8.39. The molecule has 2 aliphatic rings. The fourth-order valence-corrected chi connectivity index (χ4v) is 1.67. The SMILES string of the molecule is COC1CCN(C2C[OH+]C2)CN1. The van der Waals surface area contributed by atoms with Gasteiger partial charge in [0.25, 0.3) is 0 Å². The molecule has 0 amide bonds. The van der Waals surface area contributed by atoms with E-state index in [0.717, 1.165) is 32.8 Å². The fraction of sp³-hybridized carbons (Fsp3) is 1.00. The Bertz CT molecular complexity index is 142. The van der Waals surface area contributed by atoms with Gasteiger partial charge in [-0.3, -0.25) is 10.2 Å². The summed E-state index contributed by atoms with van der Waals surface area (Å²) in [5.74, 6) is 0. The Morgan fingerprint density at radius 3 is 2.75 bits per heavy atom. The maximum atomic E-state index is 5.21. The molecular formula is C8H17N2O2+. The molecule has 2 saturated heterocycles. The molecular weight excluding hydrogens is 156 g/mol. The topological polar surface area (TPSA) is 37.3 Å². The molecule has 0 aromatic heterocycles. The van der Waals surface area contributed by atoms with Gasteiger partial charge in [-0.2, -0.15) is 0 Å². The van der Waals surface area contributed by atoms with E-state index in [1.54, 1.807) is 7.11 Å². The smallest absolute Gasteiger partial charge is 0.168 e. The van der Waals surface area contributed by atoms with Crippen LogP contribution in [0.25, 0.3) is 0 Å². The number of ether oxygens (including phenoxy) is 2. The summed E-state index contributed by atoms with van der Waals surface area (Å²) in [6.07, 6.45) is 1.35. The maximum Gasteiger partial charge on any atom is 0.168 e. The highest BCUT2D eigenvalue weighted by molar-refractivity contribution is 4.79. The van der Waals surface area contributed by atoms with Crippen LogP contribution >= 0.6 is 0 Å². The van der Waals surface area contributed by atoms with Gasteiger partial charge in [0, 0.05) is 13.7 Å². The summed E-state index contributed by atoms with van der Waals surface area (Å²) in [4.78, 5) is 2.45. The fourth-order valence-electron chi connectivity index (χ4n) is 1.67. The van der Waals surface area contributed by atoms with Gasteiger partial charge in [-0.15, -0.1) is 0 Å². The number of hydrogen-bond donors (Lipinski definition) is 1. The van der Waals surface area contributed by atoms with Gasteiger partial charge in [0.1, 0.15) is 12.3 Å². The molecule has 70 valence electrons. The molecule has 2 fully saturated rings. The van der Waals surface area contributed by atoms with Gasteiger partial charge in [0.05, 0.1) is 6.67 Å². The number of nitrogens with one attached hydrogen (secondary N) is 1. The highest BCUT2D eigenvalue weighted by Gasteiger charge is 2.33. The third-order valence-corrected chi connectivity index (χ3v) is 2.68. The monoisotopic (exact) mass is 173 g/mol. The molecule has 0 aliphatic carbocycles. The lowest BCUT2D eigenvalue weighted by Crippen LogP contribution is -2.58. The third kappa shape index (κ3) is 1.61. The van der Waals surface area contributed by atoms with Gasteiger partial charge in [0.2, 0.25) is 0 Å². The Hall–Kier alpha value is -0.160. The van der Waals surface area contributed by atoms with Crippen LogP contribution in [0.2, 0.25) is 0 Å². The quantitative estimate of drug-likeness (QED) is 0.551. The lowest BCUT2D eigenvalue weighted by Gasteiger charge is -2.38. The predicted molar refractivity (Wildman–Crippen MR) is 45.9 cm³/mol. The minimum atomic E-state index is 0.262. The van der Waals surface area contributed by atoms with E-state index >= 15 is 0 Å². The molecule has 4 heteroatoms. The number of rotatable bonds is 2. The Morgan fingerprint density at radius 1 is 1.50 bits per heavy atom. The van der Waals surface area contributed by atoms with Crippen molar-refractivity contribution >= 4 is 0 Å². The average Bonchev–Trinajstić information content (AvgIpc) is 2.03. The Labute approximate surface area is 72.8 Å². The highest BCUT2D eigenvalue weighted by Crippen LogP contribution is 2.12. The van der Waals surface area contributed by atoms with E-state index in [2.05, 4.69) is 15.0 Å². The zero-order valence-corrected chi connectivity index (χ0v) is 7.49. The third-order valence-electron chi connectivity index (χ3n) is 2.68. The summed E-state index contributed by atoms with van der Waals surface area (Å²) in [5.41, 5.74) is 0. The maximum absolute atomic E-state index is 5.21. The number of hydrogen-bond acceptors (Lipinski definition) is 3. The van der Waals surface area contributed by atoms with Crippen LogP contribution in [0.15, 0.2) is 0 Å². The first kappa shape index (κ1) is 8.44. The molecule has 4 nitrogen and oxygen atoms in total. The van der Waals surface area contributed by atoms with Crippen molar-refractivity contribution in [2.24, 2.45) is 0 Å². The van der Waals surface area contributed by atoms with E-state index in [9.17, 15) is 0 Å². The van der Waals surface area contributed by atoms with Crippen LogP contribution in [0.5, 0.6) is 0 Å². The number of methoxy groups -OCH3 is 1. The number of aliphatic hydroxyl groups is 2. The van der Waals surface area contributed by atoms with Crippen molar-refractivity contribution in [2.75, 3.05) is 33.5 Å². The lowest BCUT2D eigenvalue weighted by molar-refractivity contribution is -0.191. The van der Waals surface area contributed by atoms with E-state index < -0.39 is 0 Å². The summed E-state index contributed by atoms with van der Waals surface area (Å²) >= 11 is 0. The molecule has 2 heterocycles. The second-order valence-electron chi connectivity index (χ2n) is 3.43. The van der Waals surface area contributed by atoms with Gasteiger partial charge < -0.3 is 9.47 Å². The van der Waals surface area contributed by atoms with E-state index in [1.165, 1.54) is 0 Å². The van der Waals surface area contributed by atoms with E-state index in [1.807, 2.05) is 0 Å². The largest absolute Gasteiger partial charge is 0.431 e. The molecule has 0 radical (unpaired) electrons. The first-order chi connectivity index (χ1) is 5.90. The minimum absolute atomic E-state index is 0.262. The van der Waals surface area contributed by atoms with Gasteiger partial charge in [-0.25, -0.2) is 0 Å². The molecule has 1 atom stereocenters. The molecule has 0 spiro atoms. The lowest BCUT2D eigenvalue weighted by atomic mass is 10.2. The van der Waals surface area contributed by atoms with Crippen molar-refractivity contribution in [2.45, 2.75) is 18.7 Å². The zero-order valence-electron chi connectivity index (χ0n) is 7.49. The van der Waals surface area contributed by atoms with Gasteiger partial charge >= 0.3 is 0 Å². The van der Waals surface area contributed by atoms with E-state index in [0.29, 0.717) is 6.04 Å². The molecule has 0 aromatic carbocycles. The van der Waals surface area contributed by atoms with E-state index in [-0.39, 0.29) is 6.23 Å². The van der Waals surface area contributed by atoms with Crippen LogP contribution in [0.4, 0.5) is 0 Å². The van der Waals surface area contributed by atoms with Crippen molar-refractivity contribution in [3.8, 4) is 0 Å². The van der Waals surface area contributed by atoms with Crippen LogP contribution in [-0.4, -0.2) is 55.4 Å². The minimum Gasteiger partial charge on any atom is -0.431 e. The van der Waals surface area contributed by atoms with Crippen LogP contribution < -0.4 is 5.32 Å². The summed E-state index contributed by atoms with van der Waals surface area (Å²) in [6.45, 7) is 4.16. The summed E-state index contributed by atoms with van der Waals surface area (Å²) < 4.78 is 9.42. The second-order valence-corrected chi connectivity index (χ2v) is 3.43. The highest BCUT2D eigenvalue weighted by atomic mass is 16.5. The molecule has 2 aliphatic heterocycles. The van der Waals surface area contributed by atoms with Crippen LogP contribution in [0, 0.1) is 0 Å². The molecule has 12 heavy (non-hydrogen) atoms. The first-order valence-electron chi connectivity index (χ1n) is 4.53. The van der Waals surface area contributed by atoms with Crippen LogP contribution in [0.1, 0.15) is 6.42 Å². The van der Waals surface area contributed by atoms with Crippen molar-refractivity contribution < 1.29 is 9.47 Å². The van der Waals surface area contributed by atoms with E-state index in [4.69, 9.17) is 4.74 Å². The van der Waals surface area contributed by atoms with Crippen molar-refractivity contribution in [3.63, 3.8) is 0 Å². The summed E-state index contributed by atoms with van der Waals surface area (Å²) in [7, 11) is 1.76. The van der Waals surface area contributed by atoms with Crippen molar-refractivity contribution in [1.82, 2.24) is 10.2 Å². The first-order valence-corrected chi connectivity index (χ1v) is 4.53. The second kappa shape index (κ2) is 3.70. The molecule has 2 N–H and O–H groups in total. The molecule has 0 bridgehead atoms. The van der Waals surface area contributed by atoms with Gasteiger partial charge in [0.15, 0.2) is 13.2 Å². The Morgan fingerprint density at radius 2 is 2.33 bits per heavy atom. The molecule has 1 unspecified atom stereocenters. The predicted octanol–water partition coefficient (Wildman–Crippen LogP) is -0.878. The normalized spacial score (nSPS) is 33.2. The van der Waals surface area contributed by atoms with Crippen molar-refractivity contribution in [1.29, 1.82) is 0 Å². The van der Waals surface area contributed by atoms with Crippen LogP contribution in [-0.2, 0) is 4.74 Å². The molecule has 0 aromatic rings. The standard InChI is InChI=1S/C8H16N2O2/c1-11-8-2-3-10(6-9-8)7-4-12-5-7/h7-9H,2-6H2,1H3/p+1. The molecule has 2 rings (SSSR count). The Kier molecular flexibility index (Phi) is 2.60. The summed E-state index contributed by atoms with van der Waals surface area (Å²) in [5, 5.41) is 3.33. The van der Waals surface area contributed by atoms with Gasteiger partial charge in [-0.05, 0) is 6.42 Å². The van der Waals surface area contributed by atoms with Crippen LogP contribution in [0.3, 0.4) is 0 Å².